The fourth-order valence-electron chi connectivity index (χ4n) is 3.79. The van der Waals surface area contributed by atoms with Gasteiger partial charge in [-0.1, -0.05) is 41.9 Å². The van der Waals surface area contributed by atoms with Crippen molar-refractivity contribution in [3.8, 4) is 0 Å². The van der Waals surface area contributed by atoms with Crippen LogP contribution in [0.1, 0.15) is 5.56 Å². The summed E-state index contributed by atoms with van der Waals surface area (Å²) in [5, 5.41) is 3.68. The number of benzene rings is 1. The van der Waals surface area contributed by atoms with Crippen molar-refractivity contribution in [3.63, 3.8) is 0 Å². The van der Waals surface area contributed by atoms with Crippen LogP contribution < -0.4 is 10.2 Å². The number of fused-ring (bicyclic) bond motifs is 1. The van der Waals surface area contributed by atoms with Crippen molar-refractivity contribution >= 4 is 23.4 Å². The summed E-state index contributed by atoms with van der Waals surface area (Å²) in [6.45, 7) is 4.10. The minimum atomic E-state index is 0.0365. The van der Waals surface area contributed by atoms with E-state index in [9.17, 15) is 4.79 Å². The van der Waals surface area contributed by atoms with Crippen LogP contribution in [0.25, 0.3) is 0 Å². The summed E-state index contributed by atoms with van der Waals surface area (Å²) in [7, 11) is 0. The lowest BCUT2D eigenvalue weighted by Crippen LogP contribution is -2.40. The van der Waals surface area contributed by atoms with E-state index in [1.54, 1.807) is 6.20 Å². The van der Waals surface area contributed by atoms with E-state index in [0.29, 0.717) is 23.4 Å². The van der Waals surface area contributed by atoms with Crippen molar-refractivity contribution in [2.24, 2.45) is 11.8 Å². The zero-order valence-electron chi connectivity index (χ0n) is 13.9. The van der Waals surface area contributed by atoms with E-state index in [4.69, 9.17) is 11.6 Å². The molecule has 2 amide bonds. The lowest BCUT2D eigenvalue weighted by atomic mass is 10.0. The molecule has 2 fully saturated rings. The molecule has 2 aromatic rings. The van der Waals surface area contributed by atoms with Gasteiger partial charge in [-0.15, -0.1) is 0 Å². The number of urea groups is 1. The topological polar surface area (TPSA) is 48.5 Å². The van der Waals surface area contributed by atoms with Crippen LogP contribution in [0.15, 0.2) is 48.7 Å². The summed E-state index contributed by atoms with van der Waals surface area (Å²) in [5.41, 5.74) is 1.12. The quantitative estimate of drug-likeness (QED) is 0.919. The lowest BCUT2D eigenvalue weighted by Gasteiger charge is -2.22. The van der Waals surface area contributed by atoms with E-state index in [-0.39, 0.29) is 6.03 Å². The summed E-state index contributed by atoms with van der Waals surface area (Å²) in [6, 6.07) is 13.9. The fraction of sp³-hybridized carbons (Fsp3) is 0.368. The van der Waals surface area contributed by atoms with Crippen molar-refractivity contribution in [2.75, 3.05) is 31.1 Å². The zero-order chi connectivity index (χ0) is 17.2. The molecule has 0 aliphatic carbocycles. The van der Waals surface area contributed by atoms with Crippen LogP contribution in [0.4, 0.5) is 10.6 Å². The number of hydrogen-bond donors (Lipinski definition) is 1. The second-order valence-electron chi connectivity index (χ2n) is 6.81. The third-order valence-corrected chi connectivity index (χ3v) is 5.32. The smallest absolute Gasteiger partial charge is 0.317 e. The maximum atomic E-state index is 12.4. The van der Waals surface area contributed by atoms with Crippen LogP contribution >= 0.6 is 11.6 Å². The predicted molar refractivity (Wildman–Crippen MR) is 98.7 cm³/mol. The van der Waals surface area contributed by atoms with E-state index < -0.39 is 0 Å². The van der Waals surface area contributed by atoms with Gasteiger partial charge in [-0.25, -0.2) is 9.78 Å². The normalized spacial score (nSPS) is 22.1. The molecule has 2 atom stereocenters. The highest BCUT2D eigenvalue weighted by atomic mass is 35.5. The Kier molecular flexibility index (Phi) is 4.49. The van der Waals surface area contributed by atoms with E-state index in [0.717, 1.165) is 37.6 Å². The highest BCUT2D eigenvalue weighted by Crippen LogP contribution is 2.33. The first-order chi connectivity index (χ1) is 12.2. The van der Waals surface area contributed by atoms with Gasteiger partial charge in [0.25, 0.3) is 0 Å². The molecule has 130 valence electrons. The Labute approximate surface area is 152 Å². The summed E-state index contributed by atoms with van der Waals surface area (Å²) in [5.74, 6) is 2.00. The van der Waals surface area contributed by atoms with Crippen molar-refractivity contribution in [1.29, 1.82) is 0 Å². The van der Waals surface area contributed by atoms with Crippen molar-refractivity contribution in [2.45, 2.75) is 6.54 Å². The van der Waals surface area contributed by atoms with E-state index in [1.807, 2.05) is 47.4 Å². The van der Waals surface area contributed by atoms with Gasteiger partial charge in [0.2, 0.25) is 0 Å². The van der Waals surface area contributed by atoms with Gasteiger partial charge in [-0.2, -0.15) is 0 Å². The fourth-order valence-corrected chi connectivity index (χ4v) is 3.90. The number of carbonyl (C=O) groups is 1. The third kappa shape index (κ3) is 3.56. The van der Waals surface area contributed by atoms with Gasteiger partial charge in [0, 0.05) is 50.8 Å². The van der Waals surface area contributed by atoms with Crippen LogP contribution in [0.3, 0.4) is 0 Å². The molecule has 25 heavy (non-hydrogen) atoms. The monoisotopic (exact) mass is 356 g/mol. The standard InChI is InChI=1S/C19H21ClN4O/c20-17-6-7-18(21-9-17)23-10-15-12-24(13-16(15)11-23)19(25)22-8-14-4-2-1-3-5-14/h1-7,9,15-16H,8,10-13H2,(H,22,25). The SMILES string of the molecule is O=C(NCc1ccccc1)N1CC2CN(c3ccc(Cl)cn3)CC2C1. The second-order valence-corrected chi connectivity index (χ2v) is 7.25. The molecule has 4 rings (SSSR count). The largest absolute Gasteiger partial charge is 0.356 e. The number of likely N-dealkylation sites (tertiary alicyclic amines) is 1. The minimum absolute atomic E-state index is 0.0365. The average Bonchev–Trinajstić information content (AvgIpc) is 3.20. The molecule has 0 saturated carbocycles. The van der Waals surface area contributed by atoms with Crippen LogP contribution in [0, 0.1) is 11.8 Å². The molecule has 2 unspecified atom stereocenters. The molecule has 5 nitrogen and oxygen atoms in total. The van der Waals surface area contributed by atoms with Gasteiger partial charge in [0.1, 0.15) is 5.82 Å². The first-order valence-corrected chi connectivity index (χ1v) is 9.00. The van der Waals surface area contributed by atoms with Crippen molar-refractivity contribution in [3.05, 3.63) is 59.2 Å². The highest BCUT2D eigenvalue weighted by Gasteiger charge is 2.41. The maximum absolute atomic E-state index is 12.4. The average molecular weight is 357 g/mol. The number of nitrogens with zero attached hydrogens (tertiary/aromatic N) is 3. The molecule has 1 aromatic carbocycles. The Morgan fingerprint density at radius 2 is 1.80 bits per heavy atom. The molecule has 2 aliphatic rings. The summed E-state index contributed by atoms with van der Waals surface area (Å²) in [4.78, 5) is 21.1. The highest BCUT2D eigenvalue weighted by molar-refractivity contribution is 6.30. The number of halogens is 1. The zero-order valence-corrected chi connectivity index (χ0v) is 14.7. The van der Waals surface area contributed by atoms with Gasteiger partial charge < -0.3 is 15.1 Å². The number of pyridine rings is 1. The molecular weight excluding hydrogens is 336 g/mol. The van der Waals surface area contributed by atoms with Crippen LogP contribution in [0.2, 0.25) is 5.02 Å². The molecule has 1 aromatic heterocycles. The van der Waals surface area contributed by atoms with Gasteiger partial charge in [0.05, 0.1) is 5.02 Å². The number of nitrogens with one attached hydrogen (secondary N) is 1. The molecule has 0 spiro atoms. The molecule has 3 heterocycles. The molecule has 0 radical (unpaired) electrons. The number of anilines is 1. The first-order valence-electron chi connectivity index (χ1n) is 8.62. The third-order valence-electron chi connectivity index (χ3n) is 5.10. The van der Waals surface area contributed by atoms with Gasteiger partial charge in [-0.3, -0.25) is 0 Å². The van der Waals surface area contributed by atoms with E-state index in [2.05, 4.69) is 15.2 Å². The molecular formula is C19H21ClN4O. The Bertz CT molecular complexity index is 723. The molecule has 0 bridgehead atoms. The molecule has 6 heteroatoms. The second kappa shape index (κ2) is 6.92. The summed E-state index contributed by atoms with van der Waals surface area (Å²) >= 11 is 5.91. The Morgan fingerprint density at radius 3 is 2.44 bits per heavy atom. The number of amides is 2. The Morgan fingerprint density at radius 1 is 1.08 bits per heavy atom. The van der Waals surface area contributed by atoms with E-state index in [1.165, 1.54) is 0 Å². The number of hydrogen-bond acceptors (Lipinski definition) is 3. The van der Waals surface area contributed by atoms with Crippen molar-refractivity contribution in [1.82, 2.24) is 15.2 Å². The van der Waals surface area contributed by atoms with Crippen molar-refractivity contribution < 1.29 is 4.79 Å². The Balaban J connectivity index is 1.30. The maximum Gasteiger partial charge on any atom is 0.317 e. The first kappa shape index (κ1) is 16.2. The Hall–Kier alpha value is -2.27. The molecule has 2 saturated heterocycles. The summed E-state index contributed by atoms with van der Waals surface area (Å²) in [6.07, 6.45) is 1.69. The van der Waals surface area contributed by atoms with E-state index >= 15 is 0 Å². The van der Waals surface area contributed by atoms with Crippen LogP contribution in [-0.2, 0) is 6.54 Å². The van der Waals surface area contributed by atoms with Crippen LogP contribution in [0.5, 0.6) is 0 Å². The van der Waals surface area contributed by atoms with Gasteiger partial charge >= 0.3 is 6.03 Å². The summed E-state index contributed by atoms with van der Waals surface area (Å²) < 4.78 is 0. The van der Waals surface area contributed by atoms with Gasteiger partial charge in [0.15, 0.2) is 0 Å². The molecule has 1 N–H and O–H groups in total. The molecule has 2 aliphatic heterocycles. The number of rotatable bonds is 3. The van der Waals surface area contributed by atoms with Crippen LogP contribution in [-0.4, -0.2) is 42.1 Å². The minimum Gasteiger partial charge on any atom is -0.356 e. The number of aromatic nitrogens is 1. The predicted octanol–water partition coefficient (Wildman–Crippen LogP) is 3.01. The lowest BCUT2D eigenvalue weighted by molar-refractivity contribution is 0.205. The van der Waals surface area contributed by atoms with Gasteiger partial charge in [-0.05, 0) is 17.7 Å². The number of carbonyl (C=O) groups excluding carboxylic acids is 1.